The normalized spacial score (nSPS) is 20.6. The molecule has 0 saturated heterocycles. The van der Waals surface area contributed by atoms with Gasteiger partial charge in [0.25, 0.3) is 0 Å². The lowest BCUT2D eigenvalue weighted by Gasteiger charge is -2.30. The Morgan fingerprint density at radius 1 is 1.27 bits per heavy atom. The molecule has 0 radical (unpaired) electrons. The molecule has 0 atom stereocenters. The Balaban J connectivity index is 3.04. The molecule has 60 valence electrons. The highest BCUT2D eigenvalue weighted by molar-refractivity contribution is 7.79. The van der Waals surface area contributed by atoms with Gasteiger partial charge in [-0.2, -0.15) is 0 Å². The van der Waals surface area contributed by atoms with Crippen LogP contribution in [0.25, 0.3) is 0 Å². The first kappa shape index (κ1) is 8.74. The maximum atomic E-state index is 4.95. The Kier molecular flexibility index (Phi) is 2.07. The zero-order valence-electron chi connectivity index (χ0n) is 7.03. The van der Waals surface area contributed by atoms with Crippen LogP contribution in [0.1, 0.15) is 0 Å². The van der Waals surface area contributed by atoms with Crippen LogP contribution in [0, 0.1) is 0 Å². The van der Waals surface area contributed by atoms with Crippen LogP contribution < -0.4 is 0 Å². The molecule has 0 spiro atoms. The van der Waals surface area contributed by atoms with Gasteiger partial charge in [-0.05, 0) is 0 Å². The largest absolute Gasteiger partial charge is 0.261 e. The van der Waals surface area contributed by atoms with Gasteiger partial charge in [0.15, 0.2) is 5.29 Å². The van der Waals surface area contributed by atoms with Crippen molar-refractivity contribution in [3.05, 3.63) is 0 Å². The van der Waals surface area contributed by atoms with Gasteiger partial charge in [-0.3, -0.25) is 9.98 Å². The van der Waals surface area contributed by atoms with Crippen molar-refractivity contribution in [3.8, 4) is 0 Å². The average Bonchev–Trinajstić information content (AvgIpc) is 2.33. The number of nitrogens with zero attached hydrogens (tertiary/aromatic N) is 2. The second-order valence-electron chi connectivity index (χ2n) is 3.65. The molecule has 0 fully saturated rings. The second kappa shape index (κ2) is 2.60. The standard InChI is InChI=1S/C7H12N2SSi/c1-11(2,3)7(6-10)8-4-5-9-7/h4-6H,1-3H3. The van der Waals surface area contributed by atoms with Gasteiger partial charge in [-0.25, -0.2) is 0 Å². The molecule has 0 N–H and O–H groups in total. The quantitative estimate of drug-likeness (QED) is 0.474. The van der Waals surface area contributed by atoms with Crippen LogP contribution in [0.15, 0.2) is 9.98 Å². The summed E-state index contributed by atoms with van der Waals surface area (Å²) in [5.74, 6) is 0. The Labute approximate surface area is 73.5 Å². The maximum Gasteiger partial charge on any atom is 0.162 e. The fraction of sp³-hybridized carbons (Fsp3) is 0.571. The number of rotatable bonds is 2. The molecule has 4 heteroatoms. The van der Waals surface area contributed by atoms with Gasteiger partial charge in [-0.15, -0.1) is 0 Å². The van der Waals surface area contributed by atoms with E-state index in [2.05, 4.69) is 29.6 Å². The van der Waals surface area contributed by atoms with E-state index in [0.29, 0.717) is 0 Å². The summed E-state index contributed by atoms with van der Waals surface area (Å²) in [7, 11) is -1.43. The van der Waals surface area contributed by atoms with Gasteiger partial charge in [-0.1, -0.05) is 31.9 Å². The minimum absolute atomic E-state index is 0.359. The lowest BCUT2D eigenvalue weighted by atomic mass is 10.6. The molecular formula is C7H12N2SSi. The lowest BCUT2D eigenvalue weighted by molar-refractivity contribution is 0.842. The Morgan fingerprint density at radius 2 is 1.73 bits per heavy atom. The predicted octanol–water partition coefficient (Wildman–Crippen LogP) is 1.72. The van der Waals surface area contributed by atoms with Crippen molar-refractivity contribution >= 4 is 38.1 Å². The molecule has 1 aliphatic heterocycles. The highest BCUT2D eigenvalue weighted by Gasteiger charge is 2.41. The zero-order chi connectivity index (χ0) is 8.54. The summed E-state index contributed by atoms with van der Waals surface area (Å²) in [6.07, 6.45) is 3.47. The van der Waals surface area contributed by atoms with E-state index in [4.69, 9.17) is 12.2 Å². The van der Waals surface area contributed by atoms with E-state index in [9.17, 15) is 0 Å². The third kappa shape index (κ3) is 1.32. The molecule has 0 saturated carbocycles. The third-order valence-corrected chi connectivity index (χ3v) is 5.03. The van der Waals surface area contributed by atoms with Crippen molar-refractivity contribution in [2.45, 2.75) is 24.9 Å². The summed E-state index contributed by atoms with van der Waals surface area (Å²) in [5, 5.41) is 1.33. The van der Waals surface area contributed by atoms with Gasteiger partial charge in [0.05, 0.1) is 0 Å². The summed E-state index contributed by atoms with van der Waals surface area (Å²) in [4.78, 5) is 8.62. The van der Waals surface area contributed by atoms with Gasteiger partial charge in [0, 0.05) is 17.8 Å². The summed E-state index contributed by atoms with van der Waals surface area (Å²) in [6, 6.07) is 0. The predicted molar refractivity (Wildman–Crippen MR) is 56.7 cm³/mol. The van der Waals surface area contributed by atoms with Crippen LogP contribution in [0.3, 0.4) is 0 Å². The van der Waals surface area contributed by atoms with Crippen molar-refractivity contribution in [2.24, 2.45) is 9.98 Å². The van der Waals surface area contributed by atoms with Crippen LogP contribution in [0.5, 0.6) is 0 Å². The summed E-state index contributed by atoms with van der Waals surface area (Å²) in [5.41, 5.74) is 0. The number of thiocarbonyl (C=S) groups is 1. The number of hydrogen-bond donors (Lipinski definition) is 0. The van der Waals surface area contributed by atoms with Crippen molar-refractivity contribution in [3.63, 3.8) is 0 Å². The van der Waals surface area contributed by atoms with E-state index in [1.54, 1.807) is 17.8 Å². The Hall–Kier alpha value is -0.353. The SMILES string of the molecule is C[Si](C)(C)C1(C=S)N=CC=N1. The van der Waals surface area contributed by atoms with Crippen LogP contribution in [0.4, 0.5) is 0 Å². The number of aliphatic imine (C=N–C) groups is 2. The first-order valence-electron chi connectivity index (χ1n) is 3.57. The molecule has 0 bridgehead atoms. The molecule has 0 unspecified atom stereocenters. The minimum atomic E-state index is -1.43. The fourth-order valence-corrected chi connectivity index (χ4v) is 3.41. The Bertz CT molecular complexity index is 215. The van der Waals surface area contributed by atoms with Crippen LogP contribution >= 0.6 is 12.2 Å². The molecule has 0 aromatic carbocycles. The van der Waals surface area contributed by atoms with Gasteiger partial charge in [0.2, 0.25) is 0 Å². The van der Waals surface area contributed by atoms with Crippen molar-refractivity contribution in [2.75, 3.05) is 0 Å². The molecule has 1 rings (SSSR count). The first-order chi connectivity index (χ1) is 5.02. The monoisotopic (exact) mass is 184 g/mol. The van der Waals surface area contributed by atoms with E-state index in [1.807, 2.05) is 0 Å². The molecule has 0 amide bonds. The maximum absolute atomic E-state index is 4.95. The van der Waals surface area contributed by atoms with Crippen molar-refractivity contribution in [1.29, 1.82) is 0 Å². The highest BCUT2D eigenvalue weighted by atomic mass is 32.1. The zero-order valence-corrected chi connectivity index (χ0v) is 8.85. The molecule has 2 nitrogen and oxygen atoms in total. The summed E-state index contributed by atoms with van der Waals surface area (Å²) < 4.78 is 0. The van der Waals surface area contributed by atoms with Crippen molar-refractivity contribution in [1.82, 2.24) is 0 Å². The minimum Gasteiger partial charge on any atom is -0.261 e. The first-order valence-corrected chi connectivity index (χ1v) is 7.54. The van der Waals surface area contributed by atoms with Gasteiger partial charge >= 0.3 is 0 Å². The topological polar surface area (TPSA) is 24.7 Å². The molecule has 0 aromatic rings. The van der Waals surface area contributed by atoms with Crippen LogP contribution in [-0.4, -0.2) is 31.2 Å². The van der Waals surface area contributed by atoms with E-state index in [-0.39, 0.29) is 5.29 Å². The highest BCUT2D eigenvalue weighted by Crippen LogP contribution is 2.26. The fourth-order valence-electron chi connectivity index (χ4n) is 0.952. The van der Waals surface area contributed by atoms with E-state index >= 15 is 0 Å². The van der Waals surface area contributed by atoms with E-state index in [1.165, 1.54) is 0 Å². The smallest absolute Gasteiger partial charge is 0.162 e. The average molecular weight is 184 g/mol. The van der Waals surface area contributed by atoms with Crippen LogP contribution in [0.2, 0.25) is 19.6 Å². The summed E-state index contributed by atoms with van der Waals surface area (Å²) in [6.45, 7) is 6.65. The van der Waals surface area contributed by atoms with Gasteiger partial charge < -0.3 is 0 Å². The number of hydrogen-bond acceptors (Lipinski definition) is 3. The molecule has 0 aromatic heterocycles. The Morgan fingerprint density at radius 3 is 1.91 bits per heavy atom. The summed E-state index contributed by atoms with van der Waals surface area (Å²) >= 11 is 4.95. The van der Waals surface area contributed by atoms with Crippen molar-refractivity contribution < 1.29 is 0 Å². The van der Waals surface area contributed by atoms with Crippen LogP contribution in [-0.2, 0) is 0 Å². The molecule has 1 heterocycles. The molecule has 11 heavy (non-hydrogen) atoms. The van der Waals surface area contributed by atoms with E-state index in [0.717, 1.165) is 0 Å². The molecule has 1 aliphatic rings. The van der Waals surface area contributed by atoms with E-state index < -0.39 is 8.07 Å². The van der Waals surface area contributed by atoms with Gasteiger partial charge in [0.1, 0.15) is 8.07 Å². The lowest BCUT2D eigenvalue weighted by Crippen LogP contribution is -2.49. The third-order valence-electron chi connectivity index (χ3n) is 1.88. The molecular weight excluding hydrogens is 172 g/mol. The molecule has 0 aliphatic carbocycles. The second-order valence-corrected chi connectivity index (χ2v) is 9.12.